The average molecular weight is 363 g/mol. The van der Waals surface area contributed by atoms with Crippen molar-refractivity contribution in [1.82, 2.24) is 0 Å². The van der Waals surface area contributed by atoms with Gasteiger partial charge in [0.15, 0.2) is 18.1 Å². The van der Waals surface area contributed by atoms with Crippen LogP contribution in [0.4, 0.5) is 11.4 Å². The maximum atomic E-state index is 12.5. The number of anilines is 2. The van der Waals surface area contributed by atoms with Crippen molar-refractivity contribution in [3.63, 3.8) is 0 Å². The molecular formula is C17H15ClN2O5. The van der Waals surface area contributed by atoms with Gasteiger partial charge in [0.1, 0.15) is 5.75 Å². The highest BCUT2D eigenvalue weighted by molar-refractivity contribution is 6.34. The van der Waals surface area contributed by atoms with Gasteiger partial charge in [-0.05, 0) is 18.2 Å². The van der Waals surface area contributed by atoms with E-state index in [9.17, 15) is 9.59 Å². The molecule has 130 valence electrons. The number of amides is 2. The van der Waals surface area contributed by atoms with Crippen LogP contribution in [-0.4, -0.2) is 32.6 Å². The maximum absolute atomic E-state index is 12.5. The first-order chi connectivity index (χ1) is 12.0. The molecule has 2 N–H and O–H groups in total. The van der Waals surface area contributed by atoms with Gasteiger partial charge >= 0.3 is 0 Å². The molecule has 8 heteroatoms. The van der Waals surface area contributed by atoms with Gasteiger partial charge in [0.2, 0.25) is 0 Å². The Hall–Kier alpha value is -2.93. The predicted octanol–water partition coefficient (Wildman–Crippen LogP) is 2.94. The molecule has 0 saturated heterocycles. The van der Waals surface area contributed by atoms with Crippen molar-refractivity contribution in [2.75, 3.05) is 31.5 Å². The van der Waals surface area contributed by atoms with Gasteiger partial charge in [-0.2, -0.15) is 0 Å². The predicted molar refractivity (Wildman–Crippen MR) is 93.1 cm³/mol. The Morgan fingerprint density at radius 1 is 1.20 bits per heavy atom. The Morgan fingerprint density at radius 3 is 2.64 bits per heavy atom. The highest BCUT2D eigenvalue weighted by Crippen LogP contribution is 2.36. The van der Waals surface area contributed by atoms with Crippen LogP contribution in [0, 0.1) is 0 Å². The van der Waals surface area contributed by atoms with E-state index in [0.717, 1.165) is 0 Å². The van der Waals surface area contributed by atoms with Crippen LogP contribution in [0.1, 0.15) is 10.4 Å². The molecule has 0 fully saturated rings. The first-order valence-corrected chi connectivity index (χ1v) is 7.69. The summed E-state index contributed by atoms with van der Waals surface area (Å²) >= 11 is 6.18. The van der Waals surface area contributed by atoms with E-state index >= 15 is 0 Å². The fourth-order valence-corrected chi connectivity index (χ4v) is 2.56. The Balaban J connectivity index is 1.84. The van der Waals surface area contributed by atoms with Crippen LogP contribution in [0.25, 0.3) is 0 Å². The molecule has 7 nitrogen and oxygen atoms in total. The first-order valence-electron chi connectivity index (χ1n) is 7.31. The van der Waals surface area contributed by atoms with Gasteiger partial charge in [0.05, 0.1) is 30.6 Å². The summed E-state index contributed by atoms with van der Waals surface area (Å²) in [6, 6.07) is 7.88. The number of ether oxygens (including phenoxy) is 3. The lowest BCUT2D eigenvalue weighted by atomic mass is 10.1. The number of rotatable bonds is 4. The number of hydrogen-bond acceptors (Lipinski definition) is 5. The van der Waals surface area contributed by atoms with Gasteiger partial charge in [-0.15, -0.1) is 0 Å². The number of carbonyl (C=O) groups excluding carboxylic acids is 2. The van der Waals surface area contributed by atoms with E-state index in [1.807, 2.05) is 0 Å². The second-order valence-electron chi connectivity index (χ2n) is 5.19. The molecule has 1 heterocycles. The van der Waals surface area contributed by atoms with Crippen molar-refractivity contribution in [3.05, 3.63) is 40.9 Å². The van der Waals surface area contributed by atoms with Crippen LogP contribution in [0.3, 0.4) is 0 Å². The fraction of sp³-hybridized carbons (Fsp3) is 0.176. The molecule has 2 aromatic carbocycles. The van der Waals surface area contributed by atoms with E-state index in [1.165, 1.54) is 14.2 Å². The summed E-state index contributed by atoms with van der Waals surface area (Å²) in [5.41, 5.74) is 1.27. The number of fused-ring (bicyclic) bond motifs is 1. The molecule has 0 aromatic heterocycles. The summed E-state index contributed by atoms with van der Waals surface area (Å²) in [5.74, 6) is 0.729. The zero-order valence-corrected chi connectivity index (χ0v) is 14.3. The van der Waals surface area contributed by atoms with E-state index in [1.54, 1.807) is 30.3 Å². The van der Waals surface area contributed by atoms with E-state index in [-0.39, 0.29) is 18.4 Å². The van der Waals surface area contributed by atoms with Gasteiger partial charge in [-0.1, -0.05) is 11.6 Å². The highest BCUT2D eigenvalue weighted by atomic mass is 35.5. The van der Waals surface area contributed by atoms with Crippen LogP contribution in [0.15, 0.2) is 30.3 Å². The number of methoxy groups -OCH3 is 2. The third-order valence-corrected chi connectivity index (χ3v) is 3.91. The summed E-state index contributed by atoms with van der Waals surface area (Å²) in [6.45, 7) is -0.0838. The lowest BCUT2D eigenvalue weighted by Crippen LogP contribution is -2.25. The third-order valence-electron chi connectivity index (χ3n) is 3.60. The zero-order valence-electron chi connectivity index (χ0n) is 13.5. The monoisotopic (exact) mass is 362 g/mol. The number of hydrogen-bond donors (Lipinski definition) is 2. The Morgan fingerprint density at radius 2 is 1.92 bits per heavy atom. The molecule has 0 unspecified atom stereocenters. The SMILES string of the molecule is COc1cc(Cl)c(NC(=O)c2ccc3c(c2)OCC(=O)N3)cc1OC. The molecule has 0 bridgehead atoms. The summed E-state index contributed by atoms with van der Waals surface area (Å²) in [6.07, 6.45) is 0. The standard InChI is InChI=1S/C17H15ClN2O5/c1-23-14-6-10(18)12(7-15(14)24-2)20-17(22)9-3-4-11-13(5-9)25-8-16(21)19-11/h3-7H,8H2,1-2H3,(H,19,21)(H,20,22). The molecule has 0 spiro atoms. The van der Waals surface area contributed by atoms with Crippen LogP contribution >= 0.6 is 11.6 Å². The third kappa shape index (κ3) is 3.46. The number of halogens is 1. The average Bonchev–Trinajstić information content (AvgIpc) is 2.62. The molecule has 0 radical (unpaired) electrons. The minimum atomic E-state index is -0.377. The van der Waals surface area contributed by atoms with Crippen molar-refractivity contribution < 1.29 is 23.8 Å². The van der Waals surface area contributed by atoms with Crippen molar-refractivity contribution in [2.24, 2.45) is 0 Å². The van der Waals surface area contributed by atoms with E-state index in [4.69, 9.17) is 25.8 Å². The minimum absolute atomic E-state index is 0.0838. The van der Waals surface area contributed by atoms with E-state index < -0.39 is 0 Å². The summed E-state index contributed by atoms with van der Waals surface area (Å²) in [7, 11) is 2.99. The molecule has 0 aliphatic carbocycles. The van der Waals surface area contributed by atoms with Crippen LogP contribution in [0.2, 0.25) is 5.02 Å². The normalized spacial score (nSPS) is 12.5. The Labute approximate surface area is 148 Å². The lowest BCUT2D eigenvalue weighted by Gasteiger charge is -2.18. The zero-order chi connectivity index (χ0) is 18.0. The number of carbonyl (C=O) groups is 2. The van der Waals surface area contributed by atoms with Gasteiger partial charge in [0, 0.05) is 17.7 Å². The van der Waals surface area contributed by atoms with E-state index in [2.05, 4.69) is 10.6 Å². The van der Waals surface area contributed by atoms with Gasteiger partial charge in [0.25, 0.3) is 11.8 Å². The summed E-state index contributed by atoms with van der Waals surface area (Å²) < 4.78 is 15.7. The van der Waals surface area contributed by atoms with Gasteiger partial charge in [-0.25, -0.2) is 0 Å². The summed E-state index contributed by atoms with van der Waals surface area (Å²) in [4.78, 5) is 23.8. The van der Waals surface area contributed by atoms with Crippen molar-refractivity contribution in [1.29, 1.82) is 0 Å². The molecule has 1 aliphatic rings. The molecule has 2 amide bonds. The largest absolute Gasteiger partial charge is 0.493 e. The number of benzene rings is 2. The minimum Gasteiger partial charge on any atom is -0.493 e. The highest BCUT2D eigenvalue weighted by Gasteiger charge is 2.19. The van der Waals surface area contributed by atoms with Crippen LogP contribution in [-0.2, 0) is 4.79 Å². The Bertz CT molecular complexity index is 853. The second kappa shape index (κ2) is 6.90. The number of nitrogens with one attached hydrogen (secondary N) is 2. The van der Waals surface area contributed by atoms with Crippen molar-refractivity contribution in [2.45, 2.75) is 0 Å². The van der Waals surface area contributed by atoms with Crippen molar-refractivity contribution in [3.8, 4) is 17.2 Å². The van der Waals surface area contributed by atoms with Crippen LogP contribution in [0.5, 0.6) is 17.2 Å². The van der Waals surface area contributed by atoms with E-state index in [0.29, 0.717) is 39.2 Å². The van der Waals surface area contributed by atoms with Crippen molar-refractivity contribution >= 4 is 34.8 Å². The molecule has 25 heavy (non-hydrogen) atoms. The Kier molecular flexibility index (Phi) is 4.67. The molecule has 3 rings (SSSR count). The smallest absolute Gasteiger partial charge is 0.262 e. The summed E-state index contributed by atoms with van der Waals surface area (Å²) in [5, 5.41) is 5.70. The molecular weight excluding hydrogens is 348 g/mol. The molecule has 2 aromatic rings. The lowest BCUT2D eigenvalue weighted by molar-refractivity contribution is -0.118. The van der Waals surface area contributed by atoms with Gasteiger partial charge in [-0.3, -0.25) is 9.59 Å². The van der Waals surface area contributed by atoms with Crippen LogP contribution < -0.4 is 24.8 Å². The molecule has 1 aliphatic heterocycles. The fourth-order valence-electron chi connectivity index (χ4n) is 2.36. The first kappa shape index (κ1) is 16.9. The molecule has 0 atom stereocenters. The topological polar surface area (TPSA) is 85.9 Å². The quantitative estimate of drug-likeness (QED) is 0.873. The van der Waals surface area contributed by atoms with Gasteiger partial charge < -0.3 is 24.8 Å². The second-order valence-corrected chi connectivity index (χ2v) is 5.60. The maximum Gasteiger partial charge on any atom is 0.262 e. The molecule has 0 saturated carbocycles.